The number of pyridine rings is 1. The van der Waals surface area contributed by atoms with Crippen LogP contribution in [-0.2, 0) is 4.79 Å². The molecule has 5 nitrogen and oxygen atoms in total. The number of benzene rings is 1. The second-order valence-electron chi connectivity index (χ2n) is 7.46. The van der Waals surface area contributed by atoms with Crippen molar-refractivity contribution in [1.82, 2.24) is 4.98 Å². The summed E-state index contributed by atoms with van der Waals surface area (Å²) < 4.78 is 7.35. The maximum absolute atomic E-state index is 12.8. The minimum absolute atomic E-state index is 0.0548. The van der Waals surface area contributed by atoms with Gasteiger partial charge in [0.1, 0.15) is 11.4 Å². The number of aryl methyl sites for hydroxylation is 3. The van der Waals surface area contributed by atoms with E-state index in [0.717, 1.165) is 51.3 Å². The lowest BCUT2D eigenvalue weighted by Crippen LogP contribution is -2.48. The van der Waals surface area contributed by atoms with Crippen molar-refractivity contribution >= 4 is 33.2 Å². The maximum atomic E-state index is 12.8. The van der Waals surface area contributed by atoms with Crippen LogP contribution in [0.4, 0.5) is 11.4 Å². The van der Waals surface area contributed by atoms with E-state index in [1.54, 1.807) is 11.9 Å². The number of fused-ring (bicyclic) bond motifs is 1. The summed E-state index contributed by atoms with van der Waals surface area (Å²) in [5.41, 5.74) is 4.68. The van der Waals surface area contributed by atoms with Crippen LogP contribution in [0.2, 0.25) is 0 Å². The number of carbonyl (C=O) groups excluding carboxylic acids is 1. The first-order valence-corrected chi connectivity index (χ1v) is 10.6. The highest BCUT2D eigenvalue weighted by atomic mass is 79.9. The van der Waals surface area contributed by atoms with E-state index in [2.05, 4.69) is 45.7 Å². The van der Waals surface area contributed by atoms with Crippen LogP contribution in [0.1, 0.15) is 43.5 Å². The third-order valence-electron chi connectivity index (χ3n) is 5.40. The molecule has 28 heavy (non-hydrogen) atoms. The fourth-order valence-corrected chi connectivity index (χ4v) is 4.59. The number of nitrogens with zero attached hydrogens (tertiary/aromatic N) is 3. The number of carbonyl (C=O) groups is 1. The topological polar surface area (TPSA) is 45.7 Å². The summed E-state index contributed by atoms with van der Waals surface area (Å²) in [5, 5.41) is 0. The van der Waals surface area contributed by atoms with E-state index in [1.807, 2.05) is 32.9 Å². The largest absolute Gasteiger partial charge is 0.436 e. The molecule has 2 heterocycles. The Bertz CT molecular complexity index is 886. The zero-order valence-electron chi connectivity index (χ0n) is 17.5. The molecule has 0 N–H and O–H groups in total. The second-order valence-corrected chi connectivity index (χ2v) is 8.37. The number of halogens is 1. The van der Waals surface area contributed by atoms with Gasteiger partial charge in [0, 0.05) is 23.3 Å². The molecule has 1 aromatic carbocycles. The van der Waals surface area contributed by atoms with Crippen molar-refractivity contribution in [3.05, 3.63) is 39.5 Å². The average molecular weight is 446 g/mol. The molecule has 0 saturated carbocycles. The van der Waals surface area contributed by atoms with E-state index >= 15 is 0 Å². The van der Waals surface area contributed by atoms with Crippen LogP contribution in [0, 0.1) is 20.8 Å². The molecule has 1 aliphatic rings. The molecule has 0 atom stereocenters. The van der Waals surface area contributed by atoms with Gasteiger partial charge in [0.15, 0.2) is 0 Å². The third kappa shape index (κ3) is 3.75. The van der Waals surface area contributed by atoms with Crippen molar-refractivity contribution in [1.29, 1.82) is 0 Å². The van der Waals surface area contributed by atoms with Crippen molar-refractivity contribution in [3.63, 3.8) is 0 Å². The Morgan fingerprint density at radius 1 is 1.14 bits per heavy atom. The van der Waals surface area contributed by atoms with Crippen LogP contribution in [0.3, 0.4) is 0 Å². The molecule has 0 bridgehead atoms. The van der Waals surface area contributed by atoms with Crippen molar-refractivity contribution in [2.75, 3.05) is 23.4 Å². The first-order chi connectivity index (χ1) is 13.3. The van der Waals surface area contributed by atoms with Gasteiger partial charge in [-0.15, -0.1) is 0 Å². The van der Waals surface area contributed by atoms with Crippen molar-refractivity contribution in [2.45, 2.75) is 53.5 Å². The van der Waals surface area contributed by atoms with E-state index in [0.29, 0.717) is 18.5 Å². The van der Waals surface area contributed by atoms with Gasteiger partial charge >= 0.3 is 0 Å². The smallest absolute Gasteiger partial charge is 0.246 e. The van der Waals surface area contributed by atoms with Crippen LogP contribution in [0.15, 0.2) is 22.7 Å². The molecule has 150 valence electrons. The van der Waals surface area contributed by atoms with Gasteiger partial charge in [-0.1, -0.05) is 29.8 Å². The molecule has 2 aromatic rings. The molecule has 1 amide bonds. The molecular weight excluding hydrogens is 418 g/mol. The Balaban J connectivity index is 2.16. The highest BCUT2D eigenvalue weighted by molar-refractivity contribution is 9.10. The van der Waals surface area contributed by atoms with Crippen molar-refractivity contribution < 1.29 is 9.53 Å². The number of anilines is 2. The van der Waals surface area contributed by atoms with Gasteiger partial charge < -0.3 is 14.5 Å². The van der Waals surface area contributed by atoms with Gasteiger partial charge in [0.05, 0.1) is 12.2 Å². The Kier molecular flexibility index (Phi) is 5.98. The SMILES string of the molecule is CCC(CC)N1CC(=O)N(C)c2c1cc(C)nc2Oc1c(C)cc(Br)cc1C. The molecule has 1 aromatic heterocycles. The van der Waals surface area contributed by atoms with Gasteiger partial charge in [0.2, 0.25) is 11.8 Å². The summed E-state index contributed by atoms with van der Waals surface area (Å²) in [5.74, 6) is 1.32. The van der Waals surface area contributed by atoms with Gasteiger partial charge in [-0.3, -0.25) is 4.79 Å². The van der Waals surface area contributed by atoms with Crippen LogP contribution < -0.4 is 14.5 Å². The summed E-state index contributed by atoms with van der Waals surface area (Å²) in [4.78, 5) is 21.3. The maximum Gasteiger partial charge on any atom is 0.246 e. The number of aromatic nitrogens is 1. The first kappa shape index (κ1) is 20.6. The lowest BCUT2D eigenvalue weighted by atomic mass is 10.1. The Hall–Kier alpha value is -2.08. The quantitative estimate of drug-likeness (QED) is 0.606. The fourth-order valence-electron chi connectivity index (χ4n) is 3.90. The van der Waals surface area contributed by atoms with Gasteiger partial charge in [-0.05, 0) is 62.9 Å². The van der Waals surface area contributed by atoms with Crippen molar-refractivity contribution in [3.8, 4) is 11.6 Å². The average Bonchev–Trinajstić information content (AvgIpc) is 2.62. The Morgan fingerprint density at radius 3 is 2.32 bits per heavy atom. The Labute approximate surface area is 175 Å². The number of hydrogen-bond acceptors (Lipinski definition) is 4. The molecule has 6 heteroatoms. The molecule has 0 fully saturated rings. The van der Waals surface area contributed by atoms with Crippen LogP contribution in [0.5, 0.6) is 11.6 Å². The molecule has 0 radical (unpaired) electrons. The van der Waals surface area contributed by atoms with Crippen LogP contribution in [0.25, 0.3) is 0 Å². The summed E-state index contributed by atoms with van der Waals surface area (Å²) in [6.45, 7) is 10.7. The monoisotopic (exact) mass is 445 g/mol. The summed E-state index contributed by atoms with van der Waals surface area (Å²) >= 11 is 3.53. The highest BCUT2D eigenvalue weighted by Crippen LogP contribution is 2.44. The molecular formula is C22H28BrN3O2. The lowest BCUT2D eigenvalue weighted by Gasteiger charge is -2.40. The predicted molar refractivity (Wildman–Crippen MR) is 118 cm³/mol. The minimum atomic E-state index is 0.0548. The van der Waals surface area contributed by atoms with Crippen LogP contribution >= 0.6 is 15.9 Å². The molecule has 0 spiro atoms. The van der Waals surface area contributed by atoms with Crippen molar-refractivity contribution in [2.24, 2.45) is 0 Å². The highest BCUT2D eigenvalue weighted by Gasteiger charge is 2.34. The Morgan fingerprint density at radius 2 is 1.75 bits per heavy atom. The summed E-state index contributed by atoms with van der Waals surface area (Å²) in [6.07, 6.45) is 1.96. The van der Waals surface area contributed by atoms with Gasteiger partial charge in [-0.25, -0.2) is 4.98 Å². The van der Waals surface area contributed by atoms with E-state index in [-0.39, 0.29) is 5.91 Å². The molecule has 0 aliphatic carbocycles. The molecule has 1 aliphatic heterocycles. The van der Waals surface area contributed by atoms with Gasteiger partial charge in [0.25, 0.3) is 0 Å². The number of rotatable bonds is 5. The zero-order chi connectivity index (χ0) is 20.6. The molecule has 0 unspecified atom stereocenters. The lowest BCUT2D eigenvalue weighted by molar-refractivity contribution is -0.117. The van der Waals surface area contributed by atoms with E-state index in [1.165, 1.54) is 0 Å². The zero-order valence-corrected chi connectivity index (χ0v) is 19.1. The number of ether oxygens (including phenoxy) is 1. The van der Waals surface area contributed by atoms with Gasteiger partial charge in [-0.2, -0.15) is 0 Å². The first-order valence-electron chi connectivity index (χ1n) is 9.76. The number of amides is 1. The van der Waals surface area contributed by atoms with Crippen LogP contribution in [-0.4, -0.2) is 30.5 Å². The van der Waals surface area contributed by atoms with E-state index in [9.17, 15) is 4.79 Å². The molecule has 3 rings (SSSR count). The van der Waals surface area contributed by atoms with E-state index < -0.39 is 0 Å². The van der Waals surface area contributed by atoms with E-state index in [4.69, 9.17) is 4.74 Å². The number of hydrogen-bond donors (Lipinski definition) is 0. The summed E-state index contributed by atoms with van der Waals surface area (Å²) in [6, 6.07) is 6.42. The predicted octanol–water partition coefficient (Wildman–Crippen LogP) is 5.53. The normalized spacial score (nSPS) is 13.9. The standard InChI is InChI=1S/C22H28BrN3O2/c1-7-17(8-2)26-12-19(27)25(6)20-18(26)11-15(5)24-22(20)28-21-13(3)9-16(23)10-14(21)4/h9-11,17H,7-8,12H2,1-6H3. The summed E-state index contributed by atoms with van der Waals surface area (Å²) in [7, 11) is 1.80. The minimum Gasteiger partial charge on any atom is -0.436 e. The fraction of sp³-hybridized carbons (Fsp3) is 0.455. The third-order valence-corrected chi connectivity index (χ3v) is 5.86. The molecule has 0 saturated heterocycles. The second kappa shape index (κ2) is 8.11. The number of likely N-dealkylation sites (N-methyl/N-ethyl adjacent to an activating group) is 1.